The summed E-state index contributed by atoms with van der Waals surface area (Å²) in [5.41, 5.74) is 2.26. The van der Waals surface area contributed by atoms with Gasteiger partial charge in [-0.3, -0.25) is 4.99 Å². The number of methoxy groups -OCH3 is 1. The number of nitrogens with one attached hydrogen (secondary N) is 2. The maximum absolute atomic E-state index is 13.1. The summed E-state index contributed by atoms with van der Waals surface area (Å²) >= 11 is 0. The Morgan fingerprint density at radius 1 is 1.07 bits per heavy atom. The van der Waals surface area contributed by atoms with Crippen LogP contribution in [0.5, 0.6) is 5.75 Å². The van der Waals surface area contributed by atoms with Crippen LogP contribution in [0.2, 0.25) is 0 Å². The Morgan fingerprint density at radius 3 is 2.36 bits per heavy atom. The molecule has 2 N–H and O–H groups in total. The fourth-order valence-electron chi connectivity index (χ4n) is 3.54. The number of benzene rings is 2. The van der Waals surface area contributed by atoms with E-state index in [4.69, 9.17) is 9.47 Å². The van der Waals surface area contributed by atoms with Crippen molar-refractivity contribution in [3.05, 3.63) is 65.5 Å². The van der Waals surface area contributed by atoms with E-state index in [0.717, 1.165) is 49.9 Å². The number of aliphatic imine (C=N–C) groups is 1. The first-order valence-corrected chi connectivity index (χ1v) is 9.56. The number of hydrogen-bond acceptors (Lipinski definition) is 3. The van der Waals surface area contributed by atoms with Crippen LogP contribution in [-0.4, -0.2) is 39.9 Å². The predicted octanol–water partition coefficient (Wildman–Crippen LogP) is 3.25. The van der Waals surface area contributed by atoms with Gasteiger partial charge in [-0.15, -0.1) is 0 Å². The Kier molecular flexibility index (Phi) is 6.87. The van der Waals surface area contributed by atoms with Gasteiger partial charge >= 0.3 is 0 Å². The van der Waals surface area contributed by atoms with Crippen molar-refractivity contribution in [1.82, 2.24) is 10.6 Å². The highest BCUT2D eigenvalue weighted by atomic mass is 19.1. The zero-order chi connectivity index (χ0) is 19.8. The first-order chi connectivity index (χ1) is 13.6. The van der Waals surface area contributed by atoms with Crippen LogP contribution in [-0.2, 0) is 16.7 Å². The van der Waals surface area contributed by atoms with Crippen molar-refractivity contribution in [2.75, 3.05) is 33.9 Å². The van der Waals surface area contributed by atoms with Crippen LogP contribution in [0.4, 0.5) is 4.39 Å². The van der Waals surface area contributed by atoms with Crippen LogP contribution in [0, 0.1) is 5.82 Å². The molecule has 2 aromatic carbocycles. The normalized spacial score (nSPS) is 16.5. The molecule has 3 rings (SSSR count). The number of halogens is 1. The number of hydrogen-bond donors (Lipinski definition) is 2. The van der Waals surface area contributed by atoms with Gasteiger partial charge in [0.1, 0.15) is 11.6 Å². The third-order valence-electron chi connectivity index (χ3n) is 5.34. The lowest BCUT2D eigenvalue weighted by Crippen LogP contribution is -2.47. The van der Waals surface area contributed by atoms with Crippen molar-refractivity contribution in [2.45, 2.75) is 24.8 Å². The molecule has 0 unspecified atom stereocenters. The van der Waals surface area contributed by atoms with Crippen LogP contribution in [0.3, 0.4) is 0 Å². The number of ether oxygens (including phenoxy) is 2. The summed E-state index contributed by atoms with van der Waals surface area (Å²) in [6.07, 6.45) is 1.89. The van der Waals surface area contributed by atoms with Gasteiger partial charge in [0.25, 0.3) is 0 Å². The van der Waals surface area contributed by atoms with Gasteiger partial charge in [0.2, 0.25) is 0 Å². The molecule has 0 spiro atoms. The Bertz CT molecular complexity index is 769. The average molecular weight is 385 g/mol. The number of nitrogens with zero attached hydrogens (tertiary/aromatic N) is 1. The molecule has 150 valence electrons. The van der Waals surface area contributed by atoms with Gasteiger partial charge in [-0.25, -0.2) is 4.39 Å². The second-order valence-electron chi connectivity index (χ2n) is 7.03. The zero-order valence-corrected chi connectivity index (χ0v) is 16.5. The predicted molar refractivity (Wildman–Crippen MR) is 109 cm³/mol. The van der Waals surface area contributed by atoms with E-state index >= 15 is 0 Å². The lowest BCUT2D eigenvalue weighted by atomic mass is 9.74. The lowest BCUT2D eigenvalue weighted by Gasteiger charge is -2.38. The summed E-state index contributed by atoms with van der Waals surface area (Å²) in [7, 11) is 3.43. The van der Waals surface area contributed by atoms with Gasteiger partial charge in [-0.2, -0.15) is 0 Å². The molecule has 0 radical (unpaired) electrons. The van der Waals surface area contributed by atoms with E-state index in [0.29, 0.717) is 6.54 Å². The summed E-state index contributed by atoms with van der Waals surface area (Å²) in [6, 6.07) is 14.8. The van der Waals surface area contributed by atoms with E-state index < -0.39 is 0 Å². The SMILES string of the molecule is CN=C(NCc1ccc(F)cc1)NCC1(c2ccc(OC)cc2)CCOCC1. The van der Waals surface area contributed by atoms with Crippen LogP contribution in [0.1, 0.15) is 24.0 Å². The van der Waals surface area contributed by atoms with Gasteiger partial charge < -0.3 is 20.1 Å². The molecule has 0 aromatic heterocycles. The van der Waals surface area contributed by atoms with E-state index in [9.17, 15) is 4.39 Å². The lowest BCUT2D eigenvalue weighted by molar-refractivity contribution is 0.0513. The molecule has 1 aliphatic heterocycles. The van der Waals surface area contributed by atoms with E-state index in [2.05, 4.69) is 27.8 Å². The van der Waals surface area contributed by atoms with Gasteiger partial charge in [-0.1, -0.05) is 24.3 Å². The molecule has 6 heteroatoms. The van der Waals surface area contributed by atoms with Gasteiger partial charge in [0.05, 0.1) is 7.11 Å². The van der Waals surface area contributed by atoms with Gasteiger partial charge in [-0.05, 0) is 48.2 Å². The Hall–Kier alpha value is -2.60. The van der Waals surface area contributed by atoms with E-state index in [-0.39, 0.29) is 11.2 Å². The summed E-state index contributed by atoms with van der Waals surface area (Å²) in [5, 5.41) is 6.76. The van der Waals surface area contributed by atoms with Crippen LogP contribution >= 0.6 is 0 Å². The number of rotatable bonds is 6. The molecule has 1 fully saturated rings. The van der Waals surface area contributed by atoms with E-state index in [1.54, 1.807) is 26.3 Å². The number of guanidine groups is 1. The van der Waals surface area contributed by atoms with E-state index in [1.165, 1.54) is 17.7 Å². The topological polar surface area (TPSA) is 54.9 Å². The molecule has 5 nitrogen and oxygen atoms in total. The first-order valence-electron chi connectivity index (χ1n) is 9.56. The quantitative estimate of drug-likeness (QED) is 0.592. The molecule has 0 aliphatic carbocycles. The minimum Gasteiger partial charge on any atom is -0.497 e. The second kappa shape index (κ2) is 9.55. The summed E-state index contributed by atoms with van der Waals surface area (Å²) in [4.78, 5) is 4.33. The van der Waals surface area contributed by atoms with Crippen molar-refractivity contribution >= 4 is 5.96 Å². The molecule has 1 heterocycles. The first kappa shape index (κ1) is 20.1. The standard InChI is InChI=1S/C22H28FN3O2/c1-24-21(25-15-17-3-7-19(23)8-4-17)26-16-22(11-13-28-14-12-22)18-5-9-20(27-2)10-6-18/h3-10H,11-16H2,1-2H3,(H2,24,25,26). The third-order valence-corrected chi connectivity index (χ3v) is 5.34. The molecule has 0 atom stereocenters. The van der Waals surface area contributed by atoms with Crippen LogP contribution in [0.15, 0.2) is 53.5 Å². The summed E-state index contributed by atoms with van der Waals surface area (Å²) in [6.45, 7) is 2.83. The van der Waals surface area contributed by atoms with Crippen molar-refractivity contribution in [1.29, 1.82) is 0 Å². The molecule has 1 saturated heterocycles. The van der Waals surface area contributed by atoms with Crippen molar-refractivity contribution in [2.24, 2.45) is 4.99 Å². The molecule has 2 aromatic rings. The third kappa shape index (κ3) is 5.01. The smallest absolute Gasteiger partial charge is 0.191 e. The Labute approximate surface area is 166 Å². The molecule has 0 saturated carbocycles. The fraction of sp³-hybridized carbons (Fsp3) is 0.409. The summed E-state index contributed by atoms with van der Waals surface area (Å²) in [5.74, 6) is 1.35. The Balaban J connectivity index is 1.65. The highest BCUT2D eigenvalue weighted by Gasteiger charge is 2.34. The molecule has 0 bridgehead atoms. The van der Waals surface area contributed by atoms with E-state index in [1.807, 2.05) is 12.1 Å². The molecule has 28 heavy (non-hydrogen) atoms. The van der Waals surface area contributed by atoms with Gasteiger partial charge in [0, 0.05) is 38.8 Å². The molecular weight excluding hydrogens is 357 g/mol. The maximum Gasteiger partial charge on any atom is 0.191 e. The summed E-state index contributed by atoms with van der Waals surface area (Å²) < 4.78 is 24.0. The maximum atomic E-state index is 13.1. The Morgan fingerprint density at radius 2 is 1.75 bits per heavy atom. The van der Waals surface area contributed by atoms with Gasteiger partial charge in [0.15, 0.2) is 5.96 Å². The average Bonchev–Trinajstić information content (AvgIpc) is 2.76. The minimum atomic E-state index is -0.229. The van der Waals surface area contributed by atoms with Crippen molar-refractivity contribution in [3.8, 4) is 5.75 Å². The monoisotopic (exact) mass is 385 g/mol. The fourth-order valence-corrected chi connectivity index (χ4v) is 3.54. The van der Waals surface area contributed by atoms with Crippen LogP contribution < -0.4 is 15.4 Å². The minimum absolute atomic E-state index is 0.0159. The highest BCUT2D eigenvalue weighted by Crippen LogP contribution is 2.35. The largest absolute Gasteiger partial charge is 0.497 e. The zero-order valence-electron chi connectivity index (χ0n) is 16.5. The molecule has 1 aliphatic rings. The highest BCUT2D eigenvalue weighted by molar-refractivity contribution is 5.79. The molecular formula is C22H28FN3O2. The molecule has 0 amide bonds. The van der Waals surface area contributed by atoms with Crippen LogP contribution in [0.25, 0.3) is 0 Å². The van der Waals surface area contributed by atoms with Crippen molar-refractivity contribution in [3.63, 3.8) is 0 Å². The second-order valence-corrected chi connectivity index (χ2v) is 7.03. The van der Waals surface area contributed by atoms with Crippen molar-refractivity contribution < 1.29 is 13.9 Å².